The first-order chi connectivity index (χ1) is 11.6. The van der Waals surface area contributed by atoms with Gasteiger partial charge in [0.25, 0.3) is 5.91 Å². The quantitative estimate of drug-likeness (QED) is 0.863. The molecule has 3 rings (SSSR count). The molecule has 128 valence electrons. The fourth-order valence-corrected chi connectivity index (χ4v) is 3.04. The Hall–Kier alpha value is -2.50. The van der Waals surface area contributed by atoms with Gasteiger partial charge in [0.05, 0.1) is 18.4 Å². The first-order valence-corrected chi connectivity index (χ1v) is 8.34. The van der Waals surface area contributed by atoms with Crippen molar-refractivity contribution in [1.29, 1.82) is 0 Å². The number of amides is 1. The standard InChI is InChI=1S/C18H24N4O2/c1-4-22-13-17(14(2)19-22)18(23)21-10-8-20(9-11-21)15-6-5-7-16(12-15)24-3/h5-7,12-13H,4,8-11H2,1-3H3. The summed E-state index contributed by atoms with van der Waals surface area (Å²) in [6, 6.07) is 8.05. The summed E-state index contributed by atoms with van der Waals surface area (Å²) in [5, 5.41) is 4.37. The van der Waals surface area contributed by atoms with Gasteiger partial charge >= 0.3 is 0 Å². The van der Waals surface area contributed by atoms with Crippen molar-refractivity contribution < 1.29 is 9.53 Å². The van der Waals surface area contributed by atoms with E-state index in [9.17, 15) is 4.79 Å². The first-order valence-electron chi connectivity index (χ1n) is 8.34. The van der Waals surface area contributed by atoms with Crippen LogP contribution in [0.25, 0.3) is 0 Å². The highest BCUT2D eigenvalue weighted by molar-refractivity contribution is 5.95. The molecule has 0 atom stereocenters. The minimum absolute atomic E-state index is 0.0810. The smallest absolute Gasteiger partial charge is 0.257 e. The third-order valence-electron chi connectivity index (χ3n) is 4.49. The second kappa shape index (κ2) is 6.95. The maximum atomic E-state index is 12.7. The summed E-state index contributed by atoms with van der Waals surface area (Å²) in [5.74, 6) is 0.936. The van der Waals surface area contributed by atoms with Crippen LogP contribution in [0.1, 0.15) is 23.0 Å². The van der Waals surface area contributed by atoms with E-state index >= 15 is 0 Å². The summed E-state index contributed by atoms with van der Waals surface area (Å²) in [7, 11) is 1.68. The van der Waals surface area contributed by atoms with Crippen molar-refractivity contribution in [2.24, 2.45) is 0 Å². The van der Waals surface area contributed by atoms with Crippen molar-refractivity contribution in [2.75, 3.05) is 38.2 Å². The number of anilines is 1. The fourth-order valence-electron chi connectivity index (χ4n) is 3.04. The van der Waals surface area contributed by atoms with Gasteiger partial charge in [-0.25, -0.2) is 0 Å². The molecule has 1 aromatic heterocycles. The lowest BCUT2D eigenvalue weighted by molar-refractivity contribution is 0.0746. The van der Waals surface area contributed by atoms with Crippen molar-refractivity contribution in [1.82, 2.24) is 14.7 Å². The molecule has 1 fully saturated rings. The van der Waals surface area contributed by atoms with E-state index in [0.717, 1.165) is 36.8 Å². The van der Waals surface area contributed by atoms with Gasteiger partial charge in [0.1, 0.15) is 5.75 Å². The molecule has 0 bridgehead atoms. The lowest BCUT2D eigenvalue weighted by atomic mass is 10.2. The Morgan fingerprint density at radius 1 is 1.25 bits per heavy atom. The van der Waals surface area contributed by atoms with Gasteiger partial charge in [-0.15, -0.1) is 0 Å². The zero-order chi connectivity index (χ0) is 17.1. The predicted molar refractivity (Wildman–Crippen MR) is 93.7 cm³/mol. The summed E-state index contributed by atoms with van der Waals surface area (Å²) in [5.41, 5.74) is 2.65. The van der Waals surface area contributed by atoms with Crippen LogP contribution in [-0.2, 0) is 6.54 Å². The van der Waals surface area contributed by atoms with E-state index in [0.29, 0.717) is 18.7 Å². The molecule has 0 N–H and O–H groups in total. The molecule has 2 heterocycles. The second-order valence-electron chi connectivity index (χ2n) is 5.96. The zero-order valence-corrected chi connectivity index (χ0v) is 14.5. The van der Waals surface area contributed by atoms with Crippen LogP contribution in [0.5, 0.6) is 5.75 Å². The van der Waals surface area contributed by atoms with Gasteiger partial charge in [-0.05, 0) is 26.0 Å². The Kier molecular flexibility index (Phi) is 4.74. The number of hydrogen-bond acceptors (Lipinski definition) is 4. The van der Waals surface area contributed by atoms with Crippen molar-refractivity contribution in [3.63, 3.8) is 0 Å². The maximum absolute atomic E-state index is 12.7. The number of hydrogen-bond donors (Lipinski definition) is 0. The molecule has 0 radical (unpaired) electrons. The van der Waals surface area contributed by atoms with Crippen molar-refractivity contribution >= 4 is 11.6 Å². The minimum Gasteiger partial charge on any atom is -0.497 e. The van der Waals surface area contributed by atoms with E-state index in [2.05, 4.69) is 16.1 Å². The molecule has 0 saturated carbocycles. The van der Waals surface area contributed by atoms with E-state index in [-0.39, 0.29) is 5.91 Å². The highest BCUT2D eigenvalue weighted by atomic mass is 16.5. The zero-order valence-electron chi connectivity index (χ0n) is 14.5. The van der Waals surface area contributed by atoms with Crippen LogP contribution >= 0.6 is 0 Å². The molecule has 1 aromatic carbocycles. The molecule has 1 aliphatic heterocycles. The van der Waals surface area contributed by atoms with Crippen LogP contribution in [-0.4, -0.2) is 53.9 Å². The molecular weight excluding hydrogens is 304 g/mol. The summed E-state index contributed by atoms with van der Waals surface area (Å²) in [6.07, 6.45) is 1.85. The molecule has 1 aliphatic rings. The van der Waals surface area contributed by atoms with Gasteiger partial charge in [-0.3, -0.25) is 9.48 Å². The molecule has 0 unspecified atom stereocenters. The van der Waals surface area contributed by atoms with Gasteiger partial charge in [0.2, 0.25) is 0 Å². The molecule has 24 heavy (non-hydrogen) atoms. The van der Waals surface area contributed by atoms with Crippen LogP contribution in [0.15, 0.2) is 30.5 Å². The van der Waals surface area contributed by atoms with Gasteiger partial charge < -0.3 is 14.5 Å². The number of carbonyl (C=O) groups is 1. The van der Waals surface area contributed by atoms with E-state index in [1.807, 2.05) is 47.8 Å². The largest absolute Gasteiger partial charge is 0.497 e. The molecule has 2 aromatic rings. The molecule has 6 heteroatoms. The average molecular weight is 328 g/mol. The topological polar surface area (TPSA) is 50.6 Å². The number of ether oxygens (including phenoxy) is 1. The fraction of sp³-hybridized carbons (Fsp3) is 0.444. The number of rotatable bonds is 4. The third-order valence-corrected chi connectivity index (χ3v) is 4.49. The maximum Gasteiger partial charge on any atom is 0.257 e. The predicted octanol–water partition coefficient (Wildman–Crippen LogP) is 2.18. The van der Waals surface area contributed by atoms with Crippen molar-refractivity contribution in [2.45, 2.75) is 20.4 Å². The Labute approximate surface area is 142 Å². The summed E-state index contributed by atoms with van der Waals surface area (Å²) >= 11 is 0. The average Bonchev–Trinajstić information content (AvgIpc) is 3.02. The number of aryl methyl sites for hydroxylation is 2. The number of methoxy groups -OCH3 is 1. The number of piperazine rings is 1. The highest BCUT2D eigenvalue weighted by Gasteiger charge is 2.24. The van der Waals surface area contributed by atoms with E-state index in [1.54, 1.807) is 7.11 Å². The van der Waals surface area contributed by atoms with E-state index in [1.165, 1.54) is 0 Å². The van der Waals surface area contributed by atoms with Gasteiger partial charge in [-0.2, -0.15) is 5.10 Å². The van der Waals surface area contributed by atoms with Crippen molar-refractivity contribution in [3.05, 3.63) is 41.7 Å². The molecule has 0 spiro atoms. The number of nitrogens with zero attached hydrogens (tertiary/aromatic N) is 4. The van der Waals surface area contributed by atoms with Crippen LogP contribution in [0, 0.1) is 6.92 Å². The van der Waals surface area contributed by atoms with Crippen molar-refractivity contribution in [3.8, 4) is 5.75 Å². The Morgan fingerprint density at radius 3 is 2.62 bits per heavy atom. The van der Waals surface area contributed by atoms with E-state index < -0.39 is 0 Å². The lowest BCUT2D eigenvalue weighted by Crippen LogP contribution is -2.48. The molecule has 1 saturated heterocycles. The Bertz CT molecular complexity index is 718. The number of aromatic nitrogens is 2. The third kappa shape index (κ3) is 3.22. The lowest BCUT2D eigenvalue weighted by Gasteiger charge is -2.36. The SMILES string of the molecule is CCn1cc(C(=O)N2CCN(c3cccc(OC)c3)CC2)c(C)n1. The van der Waals surface area contributed by atoms with Crippen LogP contribution < -0.4 is 9.64 Å². The van der Waals surface area contributed by atoms with Crippen LogP contribution in [0.4, 0.5) is 5.69 Å². The van der Waals surface area contributed by atoms with E-state index in [4.69, 9.17) is 4.74 Å². The second-order valence-corrected chi connectivity index (χ2v) is 5.96. The van der Waals surface area contributed by atoms with Gasteiger partial charge in [-0.1, -0.05) is 6.07 Å². The monoisotopic (exact) mass is 328 g/mol. The summed E-state index contributed by atoms with van der Waals surface area (Å²) in [6.45, 7) is 7.76. The molecular formula is C18H24N4O2. The normalized spacial score (nSPS) is 14.8. The number of carbonyl (C=O) groups excluding carboxylic acids is 1. The van der Waals surface area contributed by atoms with Gasteiger partial charge in [0, 0.05) is 50.7 Å². The van der Waals surface area contributed by atoms with Crippen LogP contribution in [0.3, 0.4) is 0 Å². The molecule has 6 nitrogen and oxygen atoms in total. The first kappa shape index (κ1) is 16.4. The highest BCUT2D eigenvalue weighted by Crippen LogP contribution is 2.22. The van der Waals surface area contributed by atoms with Crippen LogP contribution in [0.2, 0.25) is 0 Å². The molecule has 0 aliphatic carbocycles. The Balaban J connectivity index is 1.65. The minimum atomic E-state index is 0.0810. The summed E-state index contributed by atoms with van der Waals surface area (Å²) in [4.78, 5) is 16.9. The Morgan fingerprint density at radius 2 is 2.00 bits per heavy atom. The number of benzene rings is 1. The van der Waals surface area contributed by atoms with Gasteiger partial charge in [0.15, 0.2) is 0 Å². The molecule has 1 amide bonds. The summed E-state index contributed by atoms with van der Waals surface area (Å²) < 4.78 is 7.10.